The number of nitrogens with zero attached hydrogens (tertiary/aromatic N) is 2. The van der Waals surface area contributed by atoms with Gasteiger partial charge < -0.3 is 19.5 Å². The summed E-state index contributed by atoms with van der Waals surface area (Å²) in [6.45, 7) is -0.654. The highest BCUT2D eigenvalue weighted by Crippen LogP contribution is 2.40. The Morgan fingerprint density at radius 1 is 0.915 bits per heavy atom. The largest absolute Gasteiger partial charge is 0.496 e. The lowest BCUT2D eigenvalue weighted by Gasteiger charge is -2.30. The van der Waals surface area contributed by atoms with E-state index in [1.165, 1.54) is 19.2 Å². The average Bonchev–Trinajstić information content (AvgIpc) is 2.98. The van der Waals surface area contributed by atoms with E-state index in [0.717, 1.165) is 17.0 Å². The van der Waals surface area contributed by atoms with Crippen molar-refractivity contribution in [3.05, 3.63) is 82.2 Å². The lowest BCUT2D eigenvalue weighted by molar-refractivity contribution is -0.143. The number of aromatic nitrogens is 1. The van der Waals surface area contributed by atoms with Gasteiger partial charge in [0.1, 0.15) is 17.5 Å². The van der Waals surface area contributed by atoms with Crippen LogP contribution in [0.3, 0.4) is 0 Å². The second-order valence-corrected chi connectivity index (χ2v) is 10.7. The molecule has 2 heterocycles. The van der Waals surface area contributed by atoms with E-state index < -0.39 is 65.6 Å². The average molecular weight is 679 g/mol. The van der Waals surface area contributed by atoms with Crippen molar-refractivity contribution in [1.82, 2.24) is 9.88 Å². The molecule has 0 spiro atoms. The number of pyridine rings is 1. The van der Waals surface area contributed by atoms with Crippen LogP contribution in [0.4, 0.5) is 44.3 Å². The minimum Gasteiger partial charge on any atom is -0.496 e. The molecule has 1 atom stereocenters. The van der Waals surface area contributed by atoms with Gasteiger partial charge in [-0.3, -0.25) is 4.79 Å². The van der Waals surface area contributed by atoms with Crippen molar-refractivity contribution in [2.24, 2.45) is 0 Å². The van der Waals surface area contributed by atoms with Crippen molar-refractivity contribution >= 4 is 12.1 Å². The standard InChI is InChI=1S/C31H27F9N2O5/c1-46-25-8-5-17(6-10-27(43)44)12-22(25)21-7-9-26(31(38,39)40)41-23(21)16-42-11-3-2-4-24(47-28(42)45)18-13-19(29(32,33)34)15-20(14-18)30(35,36)37/h5,7-9,12-15,24H,2-4,6,10-11,16H2,1H3,(H,43,44). The summed E-state index contributed by atoms with van der Waals surface area (Å²) in [5, 5.41) is 9.06. The van der Waals surface area contributed by atoms with Crippen LogP contribution in [-0.2, 0) is 41.0 Å². The molecule has 254 valence electrons. The van der Waals surface area contributed by atoms with Crippen LogP contribution in [0.15, 0.2) is 48.5 Å². The van der Waals surface area contributed by atoms with Gasteiger partial charge >= 0.3 is 30.6 Å². The fourth-order valence-electron chi connectivity index (χ4n) is 5.10. The number of alkyl halides is 9. The Morgan fingerprint density at radius 2 is 1.57 bits per heavy atom. The van der Waals surface area contributed by atoms with E-state index in [1.807, 2.05) is 0 Å². The van der Waals surface area contributed by atoms with Gasteiger partial charge in [0.2, 0.25) is 0 Å². The molecule has 0 bridgehead atoms. The van der Waals surface area contributed by atoms with Crippen molar-refractivity contribution < 1.29 is 63.7 Å². The number of carboxylic acid groups (broad SMARTS) is 1. The highest BCUT2D eigenvalue weighted by molar-refractivity contribution is 5.75. The maximum absolute atomic E-state index is 13.7. The normalized spacial score (nSPS) is 16.3. The third-order valence-corrected chi connectivity index (χ3v) is 7.41. The van der Waals surface area contributed by atoms with Gasteiger partial charge in [0.05, 0.1) is 30.5 Å². The van der Waals surface area contributed by atoms with Gasteiger partial charge in [0.15, 0.2) is 0 Å². The molecule has 1 fully saturated rings. The van der Waals surface area contributed by atoms with Crippen molar-refractivity contribution in [2.45, 2.75) is 63.3 Å². The van der Waals surface area contributed by atoms with Crippen molar-refractivity contribution in [1.29, 1.82) is 0 Å². The van der Waals surface area contributed by atoms with Gasteiger partial charge in [0.25, 0.3) is 0 Å². The molecule has 0 aliphatic carbocycles. The molecular formula is C31H27F9N2O5. The maximum Gasteiger partial charge on any atom is 0.433 e. The first-order chi connectivity index (χ1) is 21.9. The highest BCUT2D eigenvalue weighted by atomic mass is 19.4. The Kier molecular flexibility index (Phi) is 10.3. The molecule has 1 aromatic heterocycles. The molecule has 1 aliphatic rings. The van der Waals surface area contributed by atoms with E-state index in [2.05, 4.69) is 4.98 Å². The first-order valence-corrected chi connectivity index (χ1v) is 14.1. The van der Waals surface area contributed by atoms with E-state index in [1.54, 1.807) is 6.07 Å². The second-order valence-electron chi connectivity index (χ2n) is 10.7. The highest BCUT2D eigenvalue weighted by Gasteiger charge is 2.39. The maximum atomic E-state index is 13.7. The van der Waals surface area contributed by atoms with Crippen LogP contribution in [0.25, 0.3) is 11.1 Å². The first kappa shape index (κ1) is 35.4. The molecule has 0 radical (unpaired) electrons. The number of carbonyl (C=O) groups excluding carboxylic acids is 1. The molecule has 47 heavy (non-hydrogen) atoms. The molecule has 1 N–H and O–H groups in total. The van der Waals surface area contributed by atoms with Gasteiger partial charge in [-0.2, -0.15) is 39.5 Å². The molecule has 1 unspecified atom stereocenters. The minimum atomic E-state index is -5.13. The predicted molar refractivity (Wildman–Crippen MR) is 147 cm³/mol. The zero-order valence-corrected chi connectivity index (χ0v) is 24.5. The Morgan fingerprint density at radius 3 is 2.15 bits per heavy atom. The summed E-state index contributed by atoms with van der Waals surface area (Å²) in [4.78, 5) is 29.1. The lowest BCUT2D eigenvalue weighted by Crippen LogP contribution is -2.35. The van der Waals surface area contributed by atoms with Crippen molar-refractivity contribution in [2.75, 3.05) is 13.7 Å². The molecule has 0 saturated carbocycles. The number of amides is 1. The molecule has 7 nitrogen and oxygen atoms in total. The smallest absolute Gasteiger partial charge is 0.433 e. The van der Waals surface area contributed by atoms with Crippen molar-refractivity contribution in [3.63, 3.8) is 0 Å². The number of carbonyl (C=O) groups is 2. The van der Waals surface area contributed by atoms with Crippen LogP contribution in [0.2, 0.25) is 0 Å². The second kappa shape index (κ2) is 13.7. The number of hydrogen-bond acceptors (Lipinski definition) is 5. The molecular weight excluding hydrogens is 651 g/mol. The molecule has 16 heteroatoms. The summed E-state index contributed by atoms with van der Waals surface area (Å²) in [7, 11) is 1.31. The van der Waals surface area contributed by atoms with Gasteiger partial charge in [-0.05, 0) is 73.2 Å². The third-order valence-electron chi connectivity index (χ3n) is 7.41. The fourth-order valence-corrected chi connectivity index (χ4v) is 5.10. The molecule has 3 aromatic rings. The van der Waals surface area contributed by atoms with Gasteiger partial charge in [0, 0.05) is 24.1 Å². The Labute approximate surface area is 261 Å². The lowest BCUT2D eigenvalue weighted by atomic mass is 9.97. The van der Waals surface area contributed by atoms with E-state index in [0.29, 0.717) is 17.7 Å². The van der Waals surface area contributed by atoms with Crippen LogP contribution in [0.5, 0.6) is 5.75 Å². The molecule has 1 amide bonds. The molecule has 4 rings (SSSR count). The van der Waals surface area contributed by atoms with Crippen LogP contribution in [0, 0.1) is 0 Å². The van der Waals surface area contributed by atoms with Gasteiger partial charge in [-0.15, -0.1) is 0 Å². The Bertz CT molecular complexity index is 1590. The van der Waals surface area contributed by atoms with Crippen LogP contribution in [-0.4, -0.2) is 40.7 Å². The van der Waals surface area contributed by atoms with E-state index in [-0.39, 0.29) is 67.3 Å². The number of hydrogen-bond donors (Lipinski definition) is 1. The summed E-state index contributed by atoms with van der Waals surface area (Å²) in [5.74, 6) is -0.875. The third kappa shape index (κ3) is 8.86. The van der Waals surface area contributed by atoms with Crippen molar-refractivity contribution in [3.8, 4) is 16.9 Å². The number of aryl methyl sites for hydroxylation is 1. The van der Waals surface area contributed by atoms with Crippen LogP contribution < -0.4 is 4.74 Å². The number of rotatable bonds is 8. The molecule has 1 saturated heterocycles. The van der Waals surface area contributed by atoms with Gasteiger partial charge in [-0.25, -0.2) is 9.78 Å². The summed E-state index contributed by atoms with van der Waals surface area (Å²) in [6.07, 6.45) is -17.7. The first-order valence-electron chi connectivity index (χ1n) is 14.1. The minimum absolute atomic E-state index is 0.0493. The van der Waals surface area contributed by atoms with E-state index in [4.69, 9.17) is 14.6 Å². The zero-order chi connectivity index (χ0) is 34.7. The monoisotopic (exact) mass is 678 g/mol. The number of cyclic esters (lactones) is 1. The Hall–Kier alpha value is -4.50. The summed E-state index contributed by atoms with van der Waals surface area (Å²) >= 11 is 0. The zero-order valence-electron chi connectivity index (χ0n) is 24.5. The quantitative estimate of drug-likeness (QED) is 0.240. The number of ether oxygens (including phenoxy) is 2. The number of benzene rings is 2. The number of aliphatic carboxylic acids is 1. The molecule has 2 aromatic carbocycles. The predicted octanol–water partition coefficient (Wildman–Crippen LogP) is 8.69. The van der Waals surface area contributed by atoms with E-state index >= 15 is 0 Å². The van der Waals surface area contributed by atoms with Crippen LogP contribution in [0.1, 0.15) is 65.4 Å². The number of halogens is 9. The Balaban J connectivity index is 1.72. The summed E-state index contributed by atoms with van der Waals surface area (Å²) < 4.78 is 133. The molecule has 1 aliphatic heterocycles. The SMILES string of the molecule is COc1ccc(CCC(=O)O)cc1-c1ccc(C(F)(F)F)nc1CN1CCCCC(c2cc(C(F)(F)F)cc(C(F)(F)F)c2)OC1=O. The van der Waals surface area contributed by atoms with Gasteiger partial charge in [-0.1, -0.05) is 12.1 Å². The van der Waals surface area contributed by atoms with E-state index in [9.17, 15) is 49.1 Å². The topological polar surface area (TPSA) is 89.0 Å². The fraction of sp³-hybridized carbons (Fsp3) is 0.387. The van der Waals surface area contributed by atoms with Crippen LogP contribution >= 0.6 is 0 Å². The summed E-state index contributed by atoms with van der Waals surface area (Å²) in [6, 6.07) is 7.31. The summed E-state index contributed by atoms with van der Waals surface area (Å²) in [5.41, 5.74) is -4.41. The number of carboxylic acids is 1. The number of methoxy groups -OCH3 is 1.